The maximum absolute atomic E-state index is 13.3. The first-order chi connectivity index (χ1) is 15.3. The Kier molecular flexibility index (Phi) is 5.59. The number of hydrogen-bond acceptors (Lipinski definition) is 5. The molecule has 0 bridgehead atoms. The zero-order chi connectivity index (χ0) is 23.0. The van der Waals surface area contributed by atoms with Crippen LogP contribution in [0.1, 0.15) is 51.2 Å². The lowest BCUT2D eigenvalue weighted by atomic mass is 9.75. The van der Waals surface area contributed by atoms with E-state index in [0.717, 1.165) is 34.3 Å². The fourth-order valence-electron chi connectivity index (χ4n) is 4.51. The highest BCUT2D eigenvalue weighted by atomic mass is 16.5. The number of rotatable bonds is 6. The van der Waals surface area contributed by atoms with Crippen LogP contribution in [0.25, 0.3) is 22.2 Å². The average molecular weight is 434 g/mol. The highest BCUT2D eigenvalue weighted by molar-refractivity contribution is 6.10. The van der Waals surface area contributed by atoms with Crippen molar-refractivity contribution in [1.29, 1.82) is 0 Å². The van der Waals surface area contributed by atoms with Gasteiger partial charge in [0.25, 0.3) is 5.56 Å². The third-order valence-electron chi connectivity index (χ3n) is 6.50. The van der Waals surface area contributed by atoms with Crippen LogP contribution in [0, 0.1) is 6.92 Å². The van der Waals surface area contributed by atoms with Gasteiger partial charge in [0.05, 0.1) is 11.7 Å². The number of nitrogens with zero attached hydrogens (tertiary/aromatic N) is 2. The van der Waals surface area contributed by atoms with E-state index in [2.05, 4.69) is 22.2 Å². The molecule has 4 rings (SSSR count). The SMILES string of the molecule is CCn1ncc2cc(C)c(-c3ccc(C(/C=C4/OC(=O)CC4=O)(CC)CC)c(=O)[nH]3)cc21. The summed E-state index contributed by atoms with van der Waals surface area (Å²) < 4.78 is 7.04. The van der Waals surface area contributed by atoms with E-state index in [-0.39, 0.29) is 23.5 Å². The van der Waals surface area contributed by atoms with Crippen LogP contribution in [0.5, 0.6) is 0 Å². The molecule has 7 heteroatoms. The molecule has 2 aromatic heterocycles. The Bertz CT molecular complexity index is 1310. The van der Waals surface area contributed by atoms with Crippen molar-refractivity contribution in [2.24, 2.45) is 0 Å². The lowest BCUT2D eigenvalue weighted by molar-refractivity contribution is -0.135. The molecule has 1 aliphatic rings. The molecule has 3 heterocycles. The molecule has 1 aromatic carbocycles. The molecule has 7 nitrogen and oxygen atoms in total. The molecule has 3 aromatic rings. The van der Waals surface area contributed by atoms with Crippen LogP contribution in [0.3, 0.4) is 0 Å². The number of aryl methyl sites for hydroxylation is 2. The Morgan fingerprint density at radius 1 is 1.16 bits per heavy atom. The second-order valence-electron chi connectivity index (χ2n) is 8.25. The van der Waals surface area contributed by atoms with E-state index in [1.807, 2.05) is 50.7 Å². The number of ether oxygens (including phenoxy) is 1. The number of H-pyrrole nitrogens is 1. The predicted octanol–water partition coefficient (Wildman–Crippen LogP) is 4.18. The summed E-state index contributed by atoms with van der Waals surface area (Å²) >= 11 is 0. The number of carbonyl (C=O) groups is 2. The van der Waals surface area contributed by atoms with Crippen molar-refractivity contribution >= 4 is 22.7 Å². The average Bonchev–Trinajstić information content (AvgIpc) is 3.32. The van der Waals surface area contributed by atoms with E-state index in [1.54, 1.807) is 6.08 Å². The Morgan fingerprint density at radius 3 is 2.50 bits per heavy atom. The van der Waals surface area contributed by atoms with Crippen LogP contribution in [0.4, 0.5) is 0 Å². The first kappa shape index (κ1) is 21.7. The summed E-state index contributed by atoms with van der Waals surface area (Å²) in [7, 11) is 0. The molecule has 0 spiro atoms. The maximum Gasteiger partial charge on any atom is 0.319 e. The van der Waals surface area contributed by atoms with Gasteiger partial charge in [-0.05, 0) is 56.5 Å². The monoisotopic (exact) mass is 433 g/mol. The summed E-state index contributed by atoms with van der Waals surface area (Å²) in [5.41, 5.74) is 3.34. The first-order valence-corrected chi connectivity index (χ1v) is 11.0. The van der Waals surface area contributed by atoms with Crippen molar-refractivity contribution in [3.8, 4) is 11.3 Å². The number of pyridine rings is 1. The molecule has 0 aliphatic carbocycles. The van der Waals surface area contributed by atoms with Crippen molar-refractivity contribution in [2.75, 3.05) is 0 Å². The molecular formula is C25H27N3O4. The van der Waals surface area contributed by atoms with Crippen molar-refractivity contribution < 1.29 is 14.3 Å². The number of cyclic esters (lactones) is 1. The Morgan fingerprint density at radius 2 is 1.91 bits per heavy atom. The predicted molar refractivity (Wildman–Crippen MR) is 122 cm³/mol. The number of aromatic amines is 1. The molecule has 0 radical (unpaired) electrons. The Labute approximate surface area is 186 Å². The summed E-state index contributed by atoms with van der Waals surface area (Å²) in [6.07, 6.45) is 4.42. The number of fused-ring (bicyclic) bond motifs is 1. The smallest absolute Gasteiger partial charge is 0.319 e. The molecule has 0 atom stereocenters. The fraction of sp³-hybridized carbons (Fsp3) is 0.360. The number of allylic oxidation sites excluding steroid dienone is 2. The lowest BCUT2D eigenvalue weighted by Gasteiger charge is -2.28. The van der Waals surface area contributed by atoms with Crippen LogP contribution in [-0.2, 0) is 26.3 Å². The van der Waals surface area contributed by atoms with E-state index in [1.165, 1.54) is 0 Å². The third-order valence-corrected chi connectivity index (χ3v) is 6.50. The van der Waals surface area contributed by atoms with E-state index in [9.17, 15) is 14.4 Å². The Balaban J connectivity index is 1.81. The van der Waals surface area contributed by atoms with Crippen molar-refractivity contribution in [3.63, 3.8) is 0 Å². The van der Waals surface area contributed by atoms with Gasteiger partial charge in [0.15, 0.2) is 5.76 Å². The quantitative estimate of drug-likeness (QED) is 0.358. The minimum atomic E-state index is -0.707. The lowest BCUT2D eigenvalue weighted by Crippen LogP contribution is -2.31. The van der Waals surface area contributed by atoms with Crippen LogP contribution >= 0.6 is 0 Å². The molecule has 0 saturated carbocycles. The topological polar surface area (TPSA) is 94.1 Å². The summed E-state index contributed by atoms with van der Waals surface area (Å²) in [6, 6.07) is 7.85. The standard InChI is InChI=1S/C25H27N3O4/c1-5-25(6-2,13-22-21(29)12-23(30)32-22)18-8-9-19(27-24(18)31)17-11-20-16(10-15(17)4)14-26-28(20)7-3/h8-11,13-14H,5-7,12H2,1-4H3,(H,27,31)/b22-13+. The van der Waals surface area contributed by atoms with Crippen LogP contribution in [0.2, 0.25) is 0 Å². The summed E-state index contributed by atoms with van der Waals surface area (Å²) in [5.74, 6) is -0.856. The minimum absolute atomic E-state index is 0.0382. The van der Waals surface area contributed by atoms with Gasteiger partial charge in [-0.25, -0.2) is 0 Å². The van der Waals surface area contributed by atoms with E-state index < -0.39 is 11.4 Å². The fourth-order valence-corrected chi connectivity index (χ4v) is 4.51. The highest BCUT2D eigenvalue weighted by Crippen LogP contribution is 2.35. The van der Waals surface area contributed by atoms with Gasteiger partial charge in [0, 0.05) is 34.2 Å². The maximum atomic E-state index is 13.3. The van der Waals surface area contributed by atoms with E-state index >= 15 is 0 Å². The molecular weight excluding hydrogens is 406 g/mol. The number of Topliss-reactive ketones (excluding diaryl/α,β-unsaturated/α-hetero) is 1. The molecule has 1 saturated heterocycles. The zero-order valence-corrected chi connectivity index (χ0v) is 18.8. The summed E-state index contributed by atoms with van der Waals surface area (Å²) in [6.45, 7) is 8.73. The number of aromatic nitrogens is 3. The van der Waals surface area contributed by atoms with Crippen LogP contribution in [0.15, 0.2) is 47.1 Å². The largest absolute Gasteiger partial charge is 0.423 e. The molecule has 0 amide bonds. The molecule has 166 valence electrons. The van der Waals surface area contributed by atoms with Crippen LogP contribution < -0.4 is 5.56 Å². The summed E-state index contributed by atoms with van der Waals surface area (Å²) in [5, 5.41) is 5.47. The van der Waals surface area contributed by atoms with Crippen LogP contribution in [-0.4, -0.2) is 26.5 Å². The van der Waals surface area contributed by atoms with E-state index in [0.29, 0.717) is 18.4 Å². The van der Waals surface area contributed by atoms with Gasteiger partial charge in [-0.1, -0.05) is 19.9 Å². The number of esters is 1. The van der Waals surface area contributed by atoms with Crippen molar-refractivity contribution in [3.05, 3.63) is 63.8 Å². The van der Waals surface area contributed by atoms with Gasteiger partial charge in [-0.3, -0.25) is 19.1 Å². The number of nitrogens with one attached hydrogen (secondary N) is 1. The number of ketones is 1. The first-order valence-electron chi connectivity index (χ1n) is 11.0. The molecule has 1 aliphatic heterocycles. The van der Waals surface area contributed by atoms with Gasteiger partial charge >= 0.3 is 5.97 Å². The van der Waals surface area contributed by atoms with Gasteiger partial charge in [0.2, 0.25) is 5.78 Å². The molecule has 1 fully saturated rings. The van der Waals surface area contributed by atoms with Gasteiger partial charge in [0.1, 0.15) is 6.42 Å². The Hall–Kier alpha value is -3.48. The second-order valence-corrected chi connectivity index (χ2v) is 8.25. The van der Waals surface area contributed by atoms with Crippen molar-refractivity contribution in [2.45, 2.75) is 58.9 Å². The minimum Gasteiger partial charge on any atom is -0.423 e. The summed E-state index contributed by atoms with van der Waals surface area (Å²) in [4.78, 5) is 39.9. The number of carbonyl (C=O) groups excluding carboxylic acids is 2. The van der Waals surface area contributed by atoms with E-state index in [4.69, 9.17) is 4.74 Å². The normalized spacial score (nSPS) is 15.7. The van der Waals surface area contributed by atoms with Crippen molar-refractivity contribution in [1.82, 2.24) is 14.8 Å². The van der Waals surface area contributed by atoms with Gasteiger partial charge in [-0.15, -0.1) is 0 Å². The number of benzene rings is 1. The van der Waals surface area contributed by atoms with Gasteiger partial charge < -0.3 is 9.72 Å². The third kappa shape index (κ3) is 3.57. The molecule has 1 N–H and O–H groups in total. The zero-order valence-electron chi connectivity index (χ0n) is 18.8. The molecule has 32 heavy (non-hydrogen) atoms. The molecule has 0 unspecified atom stereocenters. The van der Waals surface area contributed by atoms with Gasteiger partial charge in [-0.2, -0.15) is 5.10 Å². The number of hydrogen-bond donors (Lipinski definition) is 1. The highest BCUT2D eigenvalue weighted by Gasteiger charge is 2.35. The second kappa shape index (κ2) is 8.22.